The maximum atomic E-state index is 6.76. The van der Waals surface area contributed by atoms with Crippen molar-refractivity contribution < 1.29 is 68.3 Å². The van der Waals surface area contributed by atoms with Gasteiger partial charge < -0.3 is 50.3 Å². The van der Waals surface area contributed by atoms with Crippen molar-refractivity contribution in [3.63, 3.8) is 0 Å². The van der Waals surface area contributed by atoms with E-state index in [2.05, 4.69) is 107 Å². The first-order valence-corrected chi connectivity index (χ1v) is 31.2. The molecule has 4 radical (unpaired) electrons. The van der Waals surface area contributed by atoms with E-state index in [1.165, 1.54) is 96.2 Å². The first-order chi connectivity index (χ1) is 30.7. The zero-order valence-corrected chi connectivity index (χ0v) is 55.6. The van der Waals surface area contributed by atoms with Crippen LogP contribution in [0, 0.1) is 77.1 Å². The molecular formula is C60H96Mn4N4P4-6. The Labute approximate surface area is 496 Å². The van der Waals surface area contributed by atoms with Gasteiger partial charge in [0.15, 0.2) is 0 Å². The second-order valence-corrected chi connectivity index (χ2v) is 27.4. The van der Waals surface area contributed by atoms with Crippen LogP contribution in [0.1, 0.15) is 128 Å². The summed E-state index contributed by atoms with van der Waals surface area (Å²) in [6.45, 7) is 35.6. The topological polar surface area (TPSA) is 134 Å². The third kappa shape index (κ3) is 63.1. The van der Waals surface area contributed by atoms with E-state index in [-0.39, 0.29) is 92.9 Å². The van der Waals surface area contributed by atoms with Crippen LogP contribution in [0.5, 0.6) is 0 Å². The minimum atomic E-state index is 0. The standard InChI is InChI=1S/4C9H7.4C6H15P.4Mn.4H2N/c4*1-3-9-6-4-8(2)5-7-9;4*1-4-7(5-2)6-3;;;;;;;;/h4*4-7H,2H3;4*4-6H2,1-3H3;;;;;4*1H2/q4*-1;;;;;;;;+2;4*-1. The van der Waals surface area contributed by atoms with Crippen molar-refractivity contribution >= 4 is 31.7 Å². The summed E-state index contributed by atoms with van der Waals surface area (Å²) in [6, 6.07) is 30.8. The number of benzene rings is 4. The van der Waals surface area contributed by atoms with Crippen LogP contribution in [0.15, 0.2) is 97.1 Å². The molecule has 0 aliphatic carbocycles. The third-order valence-electron chi connectivity index (χ3n) is 10.2. The zero-order chi connectivity index (χ0) is 49.6. The van der Waals surface area contributed by atoms with Gasteiger partial charge in [-0.2, -0.15) is 0 Å². The predicted molar refractivity (Wildman–Crippen MR) is 325 cm³/mol. The van der Waals surface area contributed by atoms with E-state index in [9.17, 15) is 0 Å². The van der Waals surface area contributed by atoms with Gasteiger partial charge in [0.2, 0.25) is 0 Å². The SMILES string of the molecule is CCP(CC)CC.CCP(CC)CC.CCP(CC)CC.CCP(CC)CC.[C-]#Cc1ccc(C)cc1.[C-]#Cc1ccc(C)cc1.[C-]#Cc1ccc(C)cc1.[C-]#Cc1ccc(C)cc1.[Mn+2].[Mn].[Mn].[Mn].[NH2-].[NH2-].[NH2-].[NH2-]. The minimum absolute atomic E-state index is 0. The van der Waals surface area contributed by atoms with Crippen LogP contribution in [-0.4, -0.2) is 73.9 Å². The molecule has 4 rings (SSSR count). The summed E-state index contributed by atoms with van der Waals surface area (Å²) in [6.07, 6.45) is 44.1. The Morgan fingerprint density at radius 2 is 0.361 bits per heavy atom. The van der Waals surface area contributed by atoms with Crippen molar-refractivity contribution in [3.8, 4) is 23.7 Å². The van der Waals surface area contributed by atoms with Crippen LogP contribution < -0.4 is 0 Å². The van der Waals surface area contributed by atoms with E-state index in [4.69, 9.17) is 25.7 Å². The fourth-order valence-electron chi connectivity index (χ4n) is 5.23. The van der Waals surface area contributed by atoms with Crippen molar-refractivity contribution in [1.82, 2.24) is 0 Å². The van der Waals surface area contributed by atoms with Crippen LogP contribution in [-0.2, 0) is 68.3 Å². The van der Waals surface area contributed by atoms with Gasteiger partial charge in [0.05, 0.1) is 0 Å². The molecule has 0 saturated heterocycles. The molecule has 0 saturated carbocycles. The molecule has 0 atom stereocenters. The molecule has 0 aliphatic heterocycles. The number of nitrogens with two attached hydrogens (primary N) is 4. The fourth-order valence-corrected chi connectivity index (χ4v) is 10.6. The normalized spacial score (nSPS) is 8.22. The first kappa shape index (κ1) is 99.7. The molecule has 0 unspecified atom stereocenters. The summed E-state index contributed by atoms with van der Waals surface area (Å²) in [4.78, 5) is 0. The number of hydrogen-bond acceptors (Lipinski definition) is 0. The molecule has 410 valence electrons. The van der Waals surface area contributed by atoms with Crippen molar-refractivity contribution in [1.29, 1.82) is 0 Å². The molecule has 4 nitrogen and oxygen atoms in total. The molecule has 8 N–H and O–H groups in total. The van der Waals surface area contributed by atoms with Gasteiger partial charge in [-0.3, -0.25) is 23.7 Å². The number of aryl methyl sites for hydroxylation is 4. The quantitative estimate of drug-likeness (QED) is 0.0578. The molecule has 72 heavy (non-hydrogen) atoms. The van der Waals surface area contributed by atoms with Crippen LogP contribution in [0.25, 0.3) is 24.6 Å². The summed E-state index contributed by atoms with van der Waals surface area (Å²) in [5.41, 5.74) is 8.20. The molecule has 0 aliphatic rings. The summed E-state index contributed by atoms with van der Waals surface area (Å²) in [5, 5.41) is 0. The van der Waals surface area contributed by atoms with Gasteiger partial charge in [-0.25, -0.2) is 0 Å². The van der Waals surface area contributed by atoms with Crippen molar-refractivity contribution in [2.24, 2.45) is 0 Å². The molecule has 12 heteroatoms. The van der Waals surface area contributed by atoms with Crippen LogP contribution in [0.3, 0.4) is 0 Å². The number of hydrogen-bond donors (Lipinski definition) is 0. The molecule has 0 aromatic heterocycles. The Balaban J connectivity index is -0.0000000564. The Morgan fingerprint density at radius 1 is 0.264 bits per heavy atom. The third-order valence-corrected chi connectivity index (χ3v) is 20.9. The van der Waals surface area contributed by atoms with Crippen molar-refractivity contribution in [2.45, 2.75) is 111 Å². The van der Waals surface area contributed by atoms with E-state index < -0.39 is 0 Å². The van der Waals surface area contributed by atoms with Gasteiger partial charge in [0, 0.05) is 51.2 Å². The maximum Gasteiger partial charge on any atom is 2.00 e. The van der Waals surface area contributed by atoms with E-state index in [1.54, 1.807) is 0 Å². The minimum Gasteiger partial charge on any atom is -0.693 e. The molecule has 0 spiro atoms. The molecule has 0 fully saturated rings. The summed E-state index contributed by atoms with van der Waals surface area (Å²) in [7, 11) is 1.78. The van der Waals surface area contributed by atoms with E-state index in [0.29, 0.717) is 31.7 Å². The first-order valence-electron chi connectivity index (χ1n) is 23.6. The summed E-state index contributed by atoms with van der Waals surface area (Å²) >= 11 is 0. The average molecular weight is 1220 g/mol. The predicted octanol–water partition coefficient (Wildman–Crippen LogP) is 20.7. The molecule has 4 aromatic carbocycles. The van der Waals surface area contributed by atoms with Gasteiger partial charge in [-0.1, -0.05) is 154 Å². The van der Waals surface area contributed by atoms with Gasteiger partial charge >= 0.3 is 17.1 Å². The zero-order valence-electron chi connectivity index (χ0n) is 47.3. The summed E-state index contributed by atoms with van der Waals surface area (Å²) in [5.74, 6) is 9.22. The Morgan fingerprint density at radius 3 is 0.417 bits per heavy atom. The molecular weight excluding hydrogens is 1120 g/mol. The van der Waals surface area contributed by atoms with E-state index in [1.807, 2.05) is 125 Å². The van der Waals surface area contributed by atoms with Gasteiger partial charge in [0.25, 0.3) is 0 Å². The van der Waals surface area contributed by atoms with Crippen molar-refractivity contribution in [2.75, 3.05) is 73.9 Å². The smallest absolute Gasteiger partial charge is 0.693 e. The molecule has 0 amide bonds. The van der Waals surface area contributed by atoms with E-state index in [0.717, 1.165) is 22.3 Å². The van der Waals surface area contributed by atoms with Gasteiger partial charge in [0.1, 0.15) is 0 Å². The van der Waals surface area contributed by atoms with Crippen LogP contribution in [0.4, 0.5) is 0 Å². The average Bonchev–Trinajstić information content (AvgIpc) is 3.34. The number of rotatable bonds is 12. The van der Waals surface area contributed by atoms with Gasteiger partial charge in [-0.05, 0) is 102 Å². The van der Waals surface area contributed by atoms with E-state index >= 15 is 0 Å². The second kappa shape index (κ2) is 74.0. The second-order valence-electron chi connectivity index (χ2n) is 14.4. The van der Waals surface area contributed by atoms with Gasteiger partial charge in [-0.15, -0.1) is 102 Å². The molecule has 0 heterocycles. The Hall–Kier alpha value is -1.24. The van der Waals surface area contributed by atoms with Crippen LogP contribution >= 0.6 is 31.7 Å². The largest absolute Gasteiger partial charge is 2.00 e. The Kier molecular flexibility index (Phi) is 103. The fraction of sp³-hybridized carbons (Fsp3) is 0.467. The molecule has 0 bridgehead atoms. The van der Waals surface area contributed by atoms with Crippen LogP contribution in [0.2, 0.25) is 0 Å². The Bertz CT molecular complexity index is 1500. The summed E-state index contributed by atoms with van der Waals surface area (Å²) < 4.78 is 0. The molecule has 4 aromatic rings. The maximum absolute atomic E-state index is 6.76. The van der Waals surface area contributed by atoms with Crippen molar-refractivity contribution in [3.05, 3.63) is 192 Å². The monoisotopic (exact) mass is 1220 g/mol.